The zero-order valence-electron chi connectivity index (χ0n) is 9.77. The molecule has 1 rings (SSSR count). The number of benzene rings is 1. The molecule has 0 unspecified atom stereocenters. The van der Waals surface area contributed by atoms with E-state index in [9.17, 15) is 4.79 Å². The molecular formula is C13H13NO2S. The Labute approximate surface area is 105 Å². The maximum Gasteiger partial charge on any atom is 0.348 e. The Morgan fingerprint density at radius 1 is 1.47 bits per heavy atom. The van der Waals surface area contributed by atoms with Crippen LogP contribution < -0.4 is 0 Å². The van der Waals surface area contributed by atoms with Crippen LogP contribution in [-0.4, -0.2) is 18.8 Å². The number of ether oxygens (including phenoxy) is 1. The molecule has 0 radical (unpaired) electrons. The Hall–Kier alpha value is -1.73. The highest BCUT2D eigenvalue weighted by Crippen LogP contribution is 2.16. The first-order valence-corrected chi connectivity index (χ1v) is 6.36. The fourth-order valence-electron chi connectivity index (χ4n) is 1.21. The number of nitriles is 1. The molecule has 0 atom stereocenters. The van der Waals surface area contributed by atoms with E-state index < -0.39 is 5.97 Å². The van der Waals surface area contributed by atoms with Gasteiger partial charge in [0.05, 0.1) is 6.61 Å². The summed E-state index contributed by atoms with van der Waals surface area (Å²) in [5, 5.41) is 8.86. The molecule has 0 fully saturated rings. The van der Waals surface area contributed by atoms with Gasteiger partial charge >= 0.3 is 5.97 Å². The molecule has 4 heteroatoms. The van der Waals surface area contributed by atoms with Crippen molar-refractivity contribution < 1.29 is 9.53 Å². The second kappa shape index (κ2) is 6.77. The normalized spacial score (nSPS) is 10.8. The lowest BCUT2D eigenvalue weighted by atomic mass is 10.1. The minimum atomic E-state index is -0.580. The summed E-state index contributed by atoms with van der Waals surface area (Å²) in [4.78, 5) is 12.5. The summed E-state index contributed by atoms with van der Waals surface area (Å²) >= 11 is 1.64. The van der Waals surface area contributed by atoms with E-state index in [1.54, 1.807) is 18.7 Å². The minimum Gasteiger partial charge on any atom is -0.462 e. The number of hydrogen-bond acceptors (Lipinski definition) is 4. The molecule has 0 aliphatic rings. The molecule has 0 aliphatic heterocycles. The monoisotopic (exact) mass is 247 g/mol. The fourth-order valence-corrected chi connectivity index (χ4v) is 1.62. The SMILES string of the molecule is CCOC(=O)/C(C#N)=C/c1ccc(SC)cc1. The van der Waals surface area contributed by atoms with E-state index in [1.807, 2.05) is 36.6 Å². The van der Waals surface area contributed by atoms with E-state index >= 15 is 0 Å². The van der Waals surface area contributed by atoms with Gasteiger partial charge in [0.25, 0.3) is 0 Å². The fraction of sp³-hybridized carbons (Fsp3) is 0.231. The van der Waals surface area contributed by atoms with E-state index in [0.717, 1.165) is 10.5 Å². The summed E-state index contributed by atoms with van der Waals surface area (Å²) in [7, 11) is 0. The number of carbonyl (C=O) groups excluding carboxylic acids is 1. The van der Waals surface area contributed by atoms with Crippen molar-refractivity contribution in [2.75, 3.05) is 12.9 Å². The summed E-state index contributed by atoms with van der Waals surface area (Å²) in [6.45, 7) is 1.98. The first-order valence-electron chi connectivity index (χ1n) is 5.14. The number of thioether (sulfide) groups is 1. The Morgan fingerprint density at radius 2 is 2.12 bits per heavy atom. The van der Waals surface area contributed by atoms with E-state index in [4.69, 9.17) is 10.00 Å². The van der Waals surface area contributed by atoms with Crippen molar-refractivity contribution in [2.45, 2.75) is 11.8 Å². The molecule has 0 aromatic heterocycles. The topological polar surface area (TPSA) is 50.1 Å². The molecule has 3 nitrogen and oxygen atoms in total. The predicted octanol–water partition coefficient (Wildman–Crippen LogP) is 2.88. The van der Waals surface area contributed by atoms with Gasteiger partial charge in [0.1, 0.15) is 11.6 Å². The molecule has 0 amide bonds. The second-order valence-corrected chi connectivity index (χ2v) is 4.04. The van der Waals surface area contributed by atoms with Gasteiger partial charge in [0.15, 0.2) is 0 Å². The molecule has 1 aromatic carbocycles. The van der Waals surface area contributed by atoms with Gasteiger partial charge in [0.2, 0.25) is 0 Å². The van der Waals surface area contributed by atoms with Gasteiger partial charge < -0.3 is 4.74 Å². The third-order valence-electron chi connectivity index (χ3n) is 2.04. The maximum atomic E-state index is 11.4. The van der Waals surface area contributed by atoms with Crippen LogP contribution in [-0.2, 0) is 9.53 Å². The van der Waals surface area contributed by atoms with E-state index in [2.05, 4.69) is 0 Å². The van der Waals surface area contributed by atoms with Crippen LogP contribution in [0.1, 0.15) is 12.5 Å². The van der Waals surface area contributed by atoms with Gasteiger partial charge in [-0.1, -0.05) is 12.1 Å². The number of hydrogen-bond donors (Lipinski definition) is 0. The molecule has 17 heavy (non-hydrogen) atoms. The third kappa shape index (κ3) is 3.97. The zero-order chi connectivity index (χ0) is 12.7. The van der Waals surface area contributed by atoms with Crippen molar-refractivity contribution in [3.05, 3.63) is 35.4 Å². The van der Waals surface area contributed by atoms with Crippen LogP contribution in [0, 0.1) is 11.3 Å². The van der Waals surface area contributed by atoms with Gasteiger partial charge in [-0.05, 0) is 37.0 Å². The van der Waals surface area contributed by atoms with Crippen LogP contribution in [0.15, 0.2) is 34.7 Å². The average Bonchev–Trinajstić information content (AvgIpc) is 2.37. The van der Waals surface area contributed by atoms with Gasteiger partial charge in [-0.15, -0.1) is 11.8 Å². The van der Waals surface area contributed by atoms with Gasteiger partial charge in [-0.25, -0.2) is 4.79 Å². The smallest absolute Gasteiger partial charge is 0.348 e. The first kappa shape index (κ1) is 13.3. The molecule has 1 aromatic rings. The van der Waals surface area contributed by atoms with E-state index in [-0.39, 0.29) is 12.2 Å². The van der Waals surface area contributed by atoms with Crippen molar-refractivity contribution in [1.82, 2.24) is 0 Å². The third-order valence-corrected chi connectivity index (χ3v) is 2.79. The van der Waals surface area contributed by atoms with Crippen LogP contribution in [0.4, 0.5) is 0 Å². The number of rotatable bonds is 4. The summed E-state index contributed by atoms with van der Waals surface area (Å²) in [6.07, 6.45) is 3.52. The lowest BCUT2D eigenvalue weighted by molar-refractivity contribution is -0.137. The Bertz CT molecular complexity index is 457. The summed E-state index contributed by atoms with van der Waals surface area (Å²) in [5.41, 5.74) is 0.830. The van der Waals surface area contributed by atoms with Crippen LogP contribution in [0.2, 0.25) is 0 Å². The highest BCUT2D eigenvalue weighted by Gasteiger charge is 2.09. The standard InChI is InChI=1S/C13H13NO2S/c1-3-16-13(15)11(9-14)8-10-4-6-12(17-2)7-5-10/h4-8H,3H2,1-2H3/b11-8+. The molecule has 0 spiro atoms. The second-order valence-electron chi connectivity index (χ2n) is 3.16. The number of nitrogens with zero attached hydrogens (tertiary/aromatic N) is 1. The lowest BCUT2D eigenvalue weighted by Gasteiger charge is -2.00. The van der Waals surface area contributed by atoms with Crippen molar-refractivity contribution in [3.8, 4) is 6.07 Å². The minimum absolute atomic E-state index is 0.0174. The Morgan fingerprint density at radius 3 is 2.59 bits per heavy atom. The molecule has 0 bridgehead atoms. The number of carbonyl (C=O) groups is 1. The van der Waals surface area contributed by atoms with E-state index in [0.29, 0.717) is 0 Å². The molecular weight excluding hydrogens is 234 g/mol. The van der Waals surface area contributed by atoms with Gasteiger partial charge in [0, 0.05) is 4.90 Å². The number of esters is 1. The quantitative estimate of drug-likeness (QED) is 0.355. The van der Waals surface area contributed by atoms with E-state index in [1.165, 1.54) is 6.08 Å². The summed E-state index contributed by atoms with van der Waals surface area (Å²) in [5.74, 6) is -0.580. The highest BCUT2D eigenvalue weighted by atomic mass is 32.2. The Kier molecular flexibility index (Phi) is 5.31. The van der Waals surface area contributed by atoms with Crippen molar-refractivity contribution in [3.63, 3.8) is 0 Å². The molecule has 0 saturated heterocycles. The van der Waals surface area contributed by atoms with Crippen molar-refractivity contribution >= 4 is 23.8 Å². The van der Waals surface area contributed by atoms with Gasteiger partial charge in [-0.3, -0.25) is 0 Å². The largest absolute Gasteiger partial charge is 0.462 e. The summed E-state index contributed by atoms with van der Waals surface area (Å²) < 4.78 is 4.78. The van der Waals surface area contributed by atoms with Gasteiger partial charge in [-0.2, -0.15) is 5.26 Å². The first-order chi connectivity index (χ1) is 8.21. The predicted molar refractivity (Wildman–Crippen MR) is 68.4 cm³/mol. The van der Waals surface area contributed by atoms with Crippen molar-refractivity contribution in [2.24, 2.45) is 0 Å². The average molecular weight is 247 g/mol. The van der Waals surface area contributed by atoms with Crippen LogP contribution in [0.5, 0.6) is 0 Å². The van der Waals surface area contributed by atoms with Crippen molar-refractivity contribution in [1.29, 1.82) is 5.26 Å². The molecule has 0 aliphatic carbocycles. The Balaban J connectivity index is 2.91. The van der Waals surface area contributed by atoms with Crippen LogP contribution in [0.25, 0.3) is 6.08 Å². The maximum absolute atomic E-state index is 11.4. The van der Waals surface area contributed by atoms with Crippen LogP contribution >= 0.6 is 11.8 Å². The molecule has 88 valence electrons. The highest BCUT2D eigenvalue weighted by molar-refractivity contribution is 7.98. The zero-order valence-corrected chi connectivity index (χ0v) is 10.6. The molecule has 0 N–H and O–H groups in total. The molecule has 0 heterocycles. The van der Waals surface area contributed by atoms with Crippen LogP contribution in [0.3, 0.4) is 0 Å². The summed E-state index contributed by atoms with van der Waals surface area (Å²) in [6, 6.07) is 9.45. The lowest BCUT2D eigenvalue weighted by Crippen LogP contribution is -2.05. The molecule has 0 saturated carbocycles.